The van der Waals surface area contributed by atoms with Crippen LogP contribution < -0.4 is 29.6 Å². The van der Waals surface area contributed by atoms with E-state index in [1.165, 1.54) is 25.7 Å². The molecule has 0 aromatic rings. The molecule has 0 heterocycles. The van der Waals surface area contributed by atoms with Crippen molar-refractivity contribution in [3.05, 3.63) is 24.3 Å². The van der Waals surface area contributed by atoms with Crippen LogP contribution in [0.3, 0.4) is 0 Å². The molecular weight excluding hydrogens is 347 g/mol. The Morgan fingerprint density at radius 3 is 1.96 bits per heavy atom. The predicted octanol–water partition coefficient (Wildman–Crippen LogP) is 1.71. The Labute approximate surface area is 177 Å². The zero-order chi connectivity index (χ0) is 18.1. The Hall–Kier alpha value is 0.350. The van der Waals surface area contributed by atoms with Gasteiger partial charge in [-0.3, -0.25) is 0 Å². The van der Waals surface area contributed by atoms with E-state index >= 15 is 0 Å². The van der Waals surface area contributed by atoms with Gasteiger partial charge < -0.3 is 9.66 Å². The molecule has 0 saturated carbocycles. The fourth-order valence-electron chi connectivity index (χ4n) is 2.43. The number of aliphatic hydroxyl groups is 1. The van der Waals surface area contributed by atoms with Crippen molar-refractivity contribution in [2.45, 2.75) is 90.1 Å². The standard InChI is InChI=1S/C19H36O4S.Na/c1-2-3-16-19(20)17-14-12-10-8-6-4-5-7-9-11-13-15-18-24(21,22)23;/h9,11,14,17,19-20H,2-8,10,12-13,15-16,18H2,1H3,(H,21,22,23);/q;+1/p-1/b11-9-,17-14-;/t19-;/m1./s1. The van der Waals surface area contributed by atoms with Gasteiger partial charge in [0.15, 0.2) is 0 Å². The molecule has 0 aliphatic heterocycles. The van der Waals surface area contributed by atoms with Gasteiger partial charge in [0.1, 0.15) is 0 Å². The molecule has 0 aliphatic carbocycles. The van der Waals surface area contributed by atoms with Crippen molar-refractivity contribution in [3.8, 4) is 0 Å². The van der Waals surface area contributed by atoms with Crippen molar-refractivity contribution in [1.29, 1.82) is 0 Å². The number of rotatable bonds is 16. The second-order valence-corrected chi connectivity index (χ2v) is 7.88. The van der Waals surface area contributed by atoms with Gasteiger partial charge in [-0.2, -0.15) is 0 Å². The molecule has 25 heavy (non-hydrogen) atoms. The van der Waals surface area contributed by atoms with Crippen LogP contribution in [0.5, 0.6) is 0 Å². The third-order valence-electron chi connectivity index (χ3n) is 3.89. The van der Waals surface area contributed by atoms with Gasteiger partial charge in [0.05, 0.1) is 16.2 Å². The predicted molar refractivity (Wildman–Crippen MR) is 99.9 cm³/mol. The molecule has 0 aliphatic rings. The zero-order valence-electron chi connectivity index (χ0n) is 16.2. The Bertz CT molecular complexity index is 433. The molecule has 0 rings (SSSR count). The van der Waals surface area contributed by atoms with E-state index in [0.717, 1.165) is 38.5 Å². The van der Waals surface area contributed by atoms with Gasteiger partial charge in [0, 0.05) is 5.75 Å². The fourth-order valence-corrected chi connectivity index (χ4v) is 2.95. The van der Waals surface area contributed by atoms with Gasteiger partial charge in [-0.25, -0.2) is 8.42 Å². The molecule has 0 aromatic heterocycles. The van der Waals surface area contributed by atoms with E-state index in [4.69, 9.17) is 0 Å². The third-order valence-corrected chi connectivity index (χ3v) is 4.67. The maximum Gasteiger partial charge on any atom is 1.00 e. The molecule has 142 valence electrons. The molecule has 6 heteroatoms. The number of unbranched alkanes of at least 4 members (excludes halogenated alkanes) is 8. The maximum absolute atomic E-state index is 10.4. The molecule has 0 spiro atoms. The van der Waals surface area contributed by atoms with Crippen molar-refractivity contribution >= 4 is 10.1 Å². The maximum atomic E-state index is 10.4. The van der Waals surface area contributed by atoms with Gasteiger partial charge in [-0.05, 0) is 44.9 Å². The van der Waals surface area contributed by atoms with E-state index in [0.29, 0.717) is 12.8 Å². The summed E-state index contributed by atoms with van der Waals surface area (Å²) < 4.78 is 31.2. The molecule has 0 fully saturated rings. The topological polar surface area (TPSA) is 77.4 Å². The minimum Gasteiger partial charge on any atom is -0.748 e. The van der Waals surface area contributed by atoms with E-state index in [1.54, 1.807) is 0 Å². The van der Waals surface area contributed by atoms with Crippen LogP contribution in [-0.4, -0.2) is 29.9 Å². The fraction of sp³-hybridized carbons (Fsp3) is 0.789. The molecule has 0 saturated heterocycles. The number of allylic oxidation sites excluding steroid dienone is 3. The largest absolute Gasteiger partial charge is 1.00 e. The first-order chi connectivity index (χ1) is 11.5. The van der Waals surface area contributed by atoms with Crippen molar-refractivity contribution in [2.75, 3.05) is 5.75 Å². The van der Waals surface area contributed by atoms with Crippen molar-refractivity contribution in [2.24, 2.45) is 0 Å². The Balaban J connectivity index is 0. The Kier molecular flexibility index (Phi) is 21.1. The average Bonchev–Trinajstić information content (AvgIpc) is 2.52. The van der Waals surface area contributed by atoms with Crippen molar-refractivity contribution < 1.29 is 47.6 Å². The summed E-state index contributed by atoms with van der Waals surface area (Å²) in [6, 6.07) is 0. The first-order valence-electron chi connectivity index (χ1n) is 9.39. The molecule has 0 aromatic carbocycles. The van der Waals surface area contributed by atoms with Crippen LogP contribution in [0, 0.1) is 0 Å². The Morgan fingerprint density at radius 1 is 0.880 bits per heavy atom. The van der Waals surface area contributed by atoms with Crippen LogP contribution in [0.4, 0.5) is 0 Å². The summed E-state index contributed by atoms with van der Waals surface area (Å²) in [6.07, 6.45) is 20.0. The monoisotopic (exact) mass is 382 g/mol. The van der Waals surface area contributed by atoms with Crippen LogP contribution in [0.25, 0.3) is 0 Å². The van der Waals surface area contributed by atoms with E-state index in [2.05, 4.69) is 19.1 Å². The molecule has 1 N–H and O–H groups in total. The van der Waals surface area contributed by atoms with Crippen LogP contribution >= 0.6 is 0 Å². The van der Waals surface area contributed by atoms with Crippen LogP contribution in [0.1, 0.15) is 84.0 Å². The van der Waals surface area contributed by atoms with Gasteiger partial charge in [-0.15, -0.1) is 0 Å². The first-order valence-corrected chi connectivity index (χ1v) is 11.0. The van der Waals surface area contributed by atoms with Crippen LogP contribution in [0.2, 0.25) is 0 Å². The average molecular weight is 383 g/mol. The molecular formula is C19H35NaO4S. The summed E-state index contributed by atoms with van der Waals surface area (Å²) >= 11 is 0. The summed E-state index contributed by atoms with van der Waals surface area (Å²) in [5, 5.41) is 9.66. The van der Waals surface area contributed by atoms with Gasteiger partial charge in [0.2, 0.25) is 0 Å². The van der Waals surface area contributed by atoms with Gasteiger partial charge >= 0.3 is 29.6 Å². The minimum atomic E-state index is -4.05. The SMILES string of the molecule is CCCC[C@@H](O)/C=C\CCCCCCC/C=C\CCCS(=O)(=O)[O-].[Na+]. The summed E-state index contributed by atoms with van der Waals surface area (Å²) in [6.45, 7) is 2.13. The second kappa shape index (κ2) is 19.1. The summed E-state index contributed by atoms with van der Waals surface area (Å²) in [5.74, 6) is -0.262. The smallest absolute Gasteiger partial charge is 0.748 e. The number of hydrogen-bond acceptors (Lipinski definition) is 4. The summed E-state index contributed by atoms with van der Waals surface area (Å²) in [7, 11) is -4.05. The molecule has 4 nitrogen and oxygen atoms in total. The molecule has 0 radical (unpaired) electrons. The van der Waals surface area contributed by atoms with E-state index in [1.807, 2.05) is 12.2 Å². The van der Waals surface area contributed by atoms with Gasteiger partial charge in [0.25, 0.3) is 0 Å². The molecule has 0 amide bonds. The normalized spacial score (nSPS) is 13.4. The Morgan fingerprint density at radius 2 is 1.40 bits per heavy atom. The van der Waals surface area contributed by atoms with Crippen LogP contribution in [0.15, 0.2) is 24.3 Å². The molecule has 0 bridgehead atoms. The van der Waals surface area contributed by atoms with E-state index < -0.39 is 10.1 Å². The van der Waals surface area contributed by atoms with Crippen molar-refractivity contribution in [1.82, 2.24) is 0 Å². The zero-order valence-corrected chi connectivity index (χ0v) is 19.0. The summed E-state index contributed by atoms with van der Waals surface area (Å²) in [4.78, 5) is 0. The van der Waals surface area contributed by atoms with Crippen LogP contribution in [-0.2, 0) is 10.1 Å². The van der Waals surface area contributed by atoms with Gasteiger partial charge in [-0.1, -0.05) is 63.3 Å². The minimum absolute atomic E-state index is 0. The molecule has 1 atom stereocenters. The van der Waals surface area contributed by atoms with Crippen molar-refractivity contribution in [3.63, 3.8) is 0 Å². The quantitative estimate of drug-likeness (QED) is 0.191. The summed E-state index contributed by atoms with van der Waals surface area (Å²) in [5.41, 5.74) is 0. The third kappa shape index (κ3) is 24.4. The number of hydrogen-bond donors (Lipinski definition) is 1. The number of aliphatic hydroxyl groups excluding tert-OH is 1. The second-order valence-electron chi connectivity index (χ2n) is 6.36. The molecule has 0 unspecified atom stereocenters. The van der Waals surface area contributed by atoms with E-state index in [-0.39, 0.29) is 41.4 Å². The first kappa shape index (κ1) is 27.6. The van der Waals surface area contributed by atoms with E-state index in [9.17, 15) is 18.1 Å².